The number of sulfonamides is 1. The molecule has 0 fully saturated rings. The summed E-state index contributed by atoms with van der Waals surface area (Å²) in [7, 11) is -5.66. The number of benzene rings is 2. The number of hydrogen-bond donors (Lipinski definition) is 1. The number of nitrogens with one attached hydrogen (secondary N) is 1. The van der Waals surface area contributed by atoms with Gasteiger partial charge < -0.3 is 4.74 Å². The molecule has 0 saturated carbocycles. The Hall–Kier alpha value is -2.62. The van der Waals surface area contributed by atoms with Crippen molar-refractivity contribution in [1.29, 1.82) is 0 Å². The van der Waals surface area contributed by atoms with E-state index in [4.69, 9.17) is 4.74 Å². The van der Waals surface area contributed by atoms with Crippen LogP contribution in [0.25, 0.3) is 0 Å². The van der Waals surface area contributed by atoms with Gasteiger partial charge in [0.05, 0.1) is 5.69 Å². The van der Waals surface area contributed by atoms with E-state index in [1.807, 2.05) is 0 Å². The van der Waals surface area contributed by atoms with E-state index in [9.17, 15) is 30.8 Å². The maximum absolute atomic E-state index is 12.9. The molecule has 2 aromatic rings. The Kier molecular flexibility index (Phi) is 4.39. The molecular formula is C16H11F4NO4S. The molecule has 0 atom stereocenters. The van der Waals surface area contributed by atoms with Crippen LogP contribution in [0.2, 0.25) is 0 Å². The Morgan fingerprint density at radius 1 is 1.00 bits per heavy atom. The van der Waals surface area contributed by atoms with Crippen molar-refractivity contribution in [1.82, 2.24) is 0 Å². The number of halogens is 4. The lowest BCUT2D eigenvalue weighted by Crippen LogP contribution is -2.30. The second kappa shape index (κ2) is 6.27. The van der Waals surface area contributed by atoms with Crippen LogP contribution in [0.5, 0.6) is 11.5 Å². The van der Waals surface area contributed by atoms with E-state index < -0.39 is 32.8 Å². The summed E-state index contributed by atoms with van der Waals surface area (Å²) in [5.41, 5.74) is -5.82. The summed E-state index contributed by atoms with van der Waals surface area (Å²) in [4.78, 5) is 12.0. The predicted molar refractivity (Wildman–Crippen MR) is 84.2 cm³/mol. The molecule has 0 saturated heterocycles. The minimum absolute atomic E-state index is 0.0138. The lowest BCUT2D eigenvalue weighted by molar-refractivity contribution is -0.0429. The molecule has 26 heavy (non-hydrogen) atoms. The highest BCUT2D eigenvalue weighted by molar-refractivity contribution is 7.93. The molecule has 1 N–H and O–H groups in total. The zero-order valence-corrected chi connectivity index (χ0v) is 13.7. The van der Waals surface area contributed by atoms with Crippen LogP contribution in [0.4, 0.5) is 23.2 Å². The van der Waals surface area contributed by atoms with E-state index in [0.717, 1.165) is 18.2 Å². The van der Waals surface area contributed by atoms with Gasteiger partial charge in [0, 0.05) is 17.5 Å². The largest absolute Gasteiger partial charge is 0.516 e. The molecule has 0 heterocycles. The molecule has 0 aliphatic heterocycles. The van der Waals surface area contributed by atoms with Gasteiger partial charge in [-0.05, 0) is 42.8 Å². The van der Waals surface area contributed by atoms with E-state index >= 15 is 0 Å². The van der Waals surface area contributed by atoms with Crippen molar-refractivity contribution in [2.75, 3.05) is 4.72 Å². The average Bonchev–Trinajstić information content (AvgIpc) is 2.93. The van der Waals surface area contributed by atoms with Crippen LogP contribution in [0, 0.1) is 5.82 Å². The Morgan fingerprint density at radius 3 is 2.27 bits per heavy atom. The lowest BCUT2D eigenvalue weighted by atomic mass is 10.1. The van der Waals surface area contributed by atoms with Crippen molar-refractivity contribution in [2.24, 2.45) is 0 Å². The number of fused-ring (bicyclic) bond motifs is 1. The van der Waals surface area contributed by atoms with E-state index in [1.165, 1.54) is 22.9 Å². The van der Waals surface area contributed by atoms with Crippen LogP contribution in [0.15, 0.2) is 36.4 Å². The van der Waals surface area contributed by atoms with Gasteiger partial charge in [-0.15, -0.1) is 0 Å². The topological polar surface area (TPSA) is 72.5 Å². The molecule has 0 spiro atoms. The van der Waals surface area contributed by atoms with Gasteiger partial charge in [0.2, 0.25) is 0 Å². The minimum atomic E-state index is -5.66. The number of alkyl halides is 3. The maximum Gasteiger partial charge on any atom is 0.516 e. The van der Waals surface area contributed by atoms with Crippen molar-refractivity contribution >= 4 is 21.5 Å². The second-order valence-corrected chi connectivity index (χ2v) is 7.17. The van der Waals surface area contributed by atoms with Crippen molar-refractivity contribution in [3.05, 3.63) is 53.3 Å². The highest BCUT2D eigenvalue weighted by atomic mass is 32.2. The minimum Gasteiger partial charge on any atom is -0.457 e. The summed E-state index contributed by atoms with van der Waals surface area (Å²) in [6, 6.07) is 7.30. The third-order valence-electron chi connectivity index (χ3n) is 3.74. The van der Waals surface area contributed by atoms with Gasteiger partial charge in [-0.25, -0.2) is 4.39 Å². The molecule has 138 valence electrons. The van der Waals surface area contributed by atoms with E-state index in [1.54, 1.807) is 0 Å². The van der Waals surface area contributed by atoms with Gasteiger partial charge in [-0.3, -0.25) is 9.52 Å². The van der Waals surface area contributed by atoms with Crippen LogP contribution >= 0.6 is 0 Å². The number of carbonyl (C=O) groups excluding carboxylic acids is 1. The second-order valence-electron chi connectivity index (χ2n) is 5.50. The van der Waals surface area contributed by atoms with E-state index in [2.05, 4.69) is 0 Å². The van der Waals surface area contributed by atoms with Gasteiger partial charge in [0.15, 0.2) is 5.78 Å². The van der Waals surface area contributed by atoms with Crippen LogP contribution in [0.3, 0.4) is 0 Å². The Balaban J connectivity index is 1.99. The summed E-state index contributed by atoms with van der Waals surface area (Å²) >= 11 is 0. The fourth-order valence-corrected chi connectivity index (χ4v) is 3.15. The summed E-state index contributed by atoms with van der Waals surface area (Å²) in [6.45, 7) is 0. The molecule has 1 aliphatic rings. The van der Waals surface area contributed by atoms with Crippen molar-refractivity contribution in [3.63, 3.8) is 0 Å². The lowest BCUT2D eigenvalue weighted by Gasteiger charge is -2.15. The number of hydrogen-bond acceptors (Lipinski definition) is 4. The quantitative estimate of drug-likeness (QED) is 0.802. The van der Waals surface area contributed by atoms with Crippen LogP contribution < -0.4 is 9.46 Å². The first kappa shape index (κ1) is 18.2. The molecule has 0 amide bonds. The van der Waals surface area contributed by atoms with Gasteiger partial charge in [-0.2, -0.15) is 21.6 Å². The molecule has 0 unspecified atom stereocenters. The number of anilines is 1. The third-order valence-corrected chi connectivity index (χ3v) is 4.84. The highest BCUT2D eigenvalue weighted by Gasteiger charge is 2.46. The molecule has 5 nitrogen and oxygen atoms in total. The predicted octanol–water partition coefficient (Wildman–Crippen LogP) is 4.01. The van der Waals surface area contributed by atoms with Gasteiger partial charge in [0.25, 0.3) is 0 Å². The van der Waals surface area contributed by atoms with Gasteiger partial charge in [-0.1, -0.05) is 0 Å². The first-order valence-corrected chi connectivity index (χ1v) is 8.78. The van der Waals surface area contributed by atoms with Crippen LogP contribution in [0.1, 0.15) is 22.3 Å². The molecular weight excluding hydrogens is 378 g/mol. The number of Topliss-reactive ketones (excluding diaryl/α,β-unsaturated/α-hetero) is 1. The van der Waals surface area contributed by atoms with Crippen molar-refractivity contribution in [2.45, 2.75) is 18.3 Å². The molecule has 3 rings (SSSR count). The molecule has 0 bridgehead atoms. The van der Waals surface area contributed by atoms with Gasteiger partial charge >= 0.3 is 15.5 Å². The fraction of sp³-hybridized carbons (Fsp3) is 0.188. The number of rotatable bonds is 4. The monoisotopic (exact) mass is 389 g/mol. The summed E-state index contributed by atoms with van der Waals surface area (Å²) in [5, 5.41) is 0. The number of ether oxygens (including phenoxy) is 1. The molecule has 2 aromatic carbocycles. The summed E-state index contributed by atoms with van der Waals surface area (Å²) in [6.07, 6.45) is 0.201. The normalized spacial score (nSPS) is 14.2. The Labute approximate surface area is 145 Å². The molecule has 10 heteroatoms. The number of carbonyl (C=O) groups is 1. The smallest absolute Gasteiger partial charge is 0.457 e. The Bertz CT molecular complexity index is 969. The Morgan fingerprint density at radius 2 is 1.65 bits per heavy atom. The van der Waals surface area contributed by atoms with E-state index in [0.29, 0.717) is 5.56 Å². The molecule has 0 aromatic heterocycles. The van der Waals surface area contributed by atoms with Gasteiger partial charge in [0.1, 0.15) is 17.3 Å². The third kappa shape index (κ3) is 3.36. The zero-order valence-electron chi connectivity index (χ0n) is 12.9. The van der Waals surface area contributed by atoms with Crippen LogP contribution in [-0.4, -0.2) is 19.7 Å². The SMILES string of the molecule is O=C1CCc2c(Oc3ccc(F)cc3)ccc(NS(=O)(=O)C(F)(F)F)c21. The first-order chi connectivity index (χ1) is 12.1. The van der Waals surface area contributed by atoms with Crippen molar-refractivity contribution in [3.8, 4) is 11.5 Å². The maximum atomic E-state index is 12.9. The fourth-order valence-electron chi connectivity index (χ4n) is 2.57. The van der Waals surface area contributed by atoms with E-state index in [-0.39, 0.29) is 29.9 Å². The standard InChI is InChI=1S/C16H11F4NO4S/c17-9-1-3-10(4-2-9)25-14-8-6-12(15-11(14)5-7-13(15)22)21-26(23,24)16(18,19)20/h1-4,6,8,21H,5,7H2. The highest BCUT2D eigenvalue weighted by Crippen LogP contribution is 2.39. The van der Waals surface area contributed by atoms with Crippen LogP contribution in [-0.2, 0) is 16.4 Å². The van der Waals surface area contributed by atoms with Crippen molar-refractivity contribution < 1.29 is 35.5 Å². The molecule has 1 aliphatic carbocycles. The summed E-state index contributed by atoms with van der Waals surface area (Å²) < 4.78 is 80.3. The zero-order chi connectivity index (χ0) is 19.1. The first-order valence-electron chi connectivity index (χ1n) is 7.30. The molecule has 0 radical (unpaired) electrons. The number of ketones is 1. The summed E-state index contributed by atoms with van der Waals surface area (Å²) in [5.74, 6) is -0.525. The average molecular weight is 389 g/mol.